The van der Waals surface area contributed by atoms with Gasteiger partial charge < -0.3 is 0 Å². The number of aromatic nitrogens is 6. The van der Waals surface area contributed by atoms with Crippen LogP contribution < -0.4 is 0 Å². The van der Waals surface area contributed by atoms with Crippen LogP contribution >= 0.6 is 34.0 Å². The van der Waals surface area contributed by atoms with Crippen LogP contribution in [0.4, 0.5) is 0 Å². The van der Waals surface area contributed by atoms with Gasteiger partial charge >= 0.3 is 0 Å². The molecule has 0 N–H and O–H groups in total. The molecule has 350 valence electrons. The lowest BCUT2D eigenvalue weighted by molar-refractivity contribution is 1.07. The Labute approximate surface area is 442 Å². The Morgan fingerprint density at radius 2 is 0.587 bits per heavy atom. The van der Waals surface area contributed by atoms with E-state index >= 15 is 0 Å². The van der Waals surface area contributed by atoms with Gasteiger partial charge in [-0.1, -0.05) is 170 Å². The SMILES string of the molecule is c1ccc(-c2nc(-c3ccccc3)nc(-c3cc(-c4ccc(-c5nc(-c6ccc7sc8ccccc8c7c6)nc(-c6ccc7sc8ccccc8c7c6)n5)cc4)ccc3-c3cccc4c3sc3ccccc34)n2)cc1. The summed E-state index contributed by atoms with van der Waals surface area (Å²) < 4.78 is 7.46. The van der Waals surface area contributed by atoms with Crippen molar-refractivity contribution < 1.29 is 0 Å². The number of hydrogen-bond donors (Lipinski definition) is 0. The summed E-state index contributed by atoms with van der Waals surface area (Å²) in [6, 6.07) is 81.1. The molecule has 15 rings (SSSR count). The van der Waals surface area contributed by atoms with Gasteiger partial charge in [0.25, 0.3) is 0 Å². The van der Waals surface area contributed by atoms with Gasteiger partial charge in [0.15, 0.2) is 34.9 Å². The van der Waals surface area contributed by atoms with Crippen molar-refractivity contribution in [3.63, 3.8) is 0 Å². The van der Waals surface area contributed by atoms with Crippen LogP contribution in [0, 0.1) is 0 Å². The predicted molar refractivity (Wildman–Crippen MR) is 315 cm³/mol. The fourth-order valence-corrected chi connectivity index (χ4v) is 13.7. The van der Waals surface area contributed by atoms with Crippen LogP contribution in [0.3, 0.4) is 0 Å². The van der Waals surface area contributed by atoms with E-state index in [-0.39, 0.29) is 0 Å². The Morgan fingerprint density at radius 3 is 1.13 bits per heavy atom. The van der Waals surface area contributed by atoms with E-state index < -0.39 is 0 Å². The first-order valence-electron chi connectivity index (χ1n) is 24.7. The fourth-order valence-electron chi connectivity index (χ4n) is 10.3. The van der Waals surface area contributed by atoms with Crippen molar-refractivity contribution in [1.29, 1.82) is 0 Å². The van der Waals surface area contributed by atoms with E-state index in [2.05, 4.69) is 194 Å². The second-order valence-electron chi connectivity index (χ2n) is 18.6. The molecule has 0 unspecified atom stereocenters. The van der Waals surface area contributed by atoms with E-state index in [0.29, 0.717) is 34.9 Å². The first-order chi connectivity index (χ1) is 37.1. The summed E-state index contributed by atoms with van der Waals surface area (Å²) in [4.78, 5) is 31.3. The Morgan fingerprint density at radius 1 is 0.200 bits per heavy atom. The van der Waals surface area contributed by atoms with Gasteiger partial charge in [0.2, 0.25) is 0 Å². The van der Waals surface area contributed by atoms with Crippen molar-refractivity contribution >= 4 is 94.5 Å². The smallest absolute Gasteiger partial charge is 0.164 e. The van der Waals surface area contributed by atoms with Gasteiger partial charge in [-0.25, -0.2) is 29.9 Å². The fraction of sp³-hybridized carbons (Fsp3) is 0. The molecule has 5 heterocycles. The maximum atomic E-state index is 5.28. The molecule has 0 fully saturated rings. The van der Waals surface area contributed by atoms with Crippen molar-refractivity contribution in [2.75, 3.05) is 0 Å². The molecule has 0 saturated heterocycles. The molecule has 6 nitrogen and oxygen atoms in total. The van der Waals surface area contributed by atoms with E-state index in [1.54, 1.807) is 22.7 Å². The zero-order valence-electron chi connectivity index (χ0n) is 39.8. The van der Waals surface area contributed by atoms with Crippen molar-refractivity contribution in [1.82, 2.24) is 29.9 Å². The molecule has 0 atom stereocenters. The van der Waals surface area contributed by atoms with Gasteiger partial charge in [-0.3, -0.25) is 0 Å². The minimum Gasteiger partial charge on any atom is -0.208 e. The molecule has 9 heteroatoms. The summed E-state index contributed by atoms with van der Waals surface area (Å²) in [7, 11) is 0. The quantitative estimate of drug-likeness (QED) is 0.151. The van der Waals surface area contributed by atoms with Crippen molar-refractivity contribution in [2.24, 2.45) is 0 Å². The minimum absolute atomic E-state index is 0.599. The lowest BCUT2D eigenvalue weighted by Crippen LogP contribution is -2.01. The molecule has 5 aromatic heterocycles. The van der Waals surface area contributed by atoms with Crippen LogP contribution in [-0.2, 0) is 0 Å². The third kappa shape index (κ3) is 7.67. The summed E-state index contributed by atoms with van der Waals surface area (Å²) in [5.41, 5.74) is 9.76. The summed E-state index contributed by atoms with van der Waals surface area (Å²) >= 11 is 5.43. The highest BCUT2D eigenvalue weighted by atomic mass is 32.1. The summed E-state index contributed by atoms with van der Waals surface area (Å²) in [6.07, 6.45) is 0. The molecule has 0 aliphatic heterocycles. The van der Waals surface area contributed by atoms with Crippen LogP contribution in [-0.4, -0.2) is 29.9 Å². The third-order valence-electron chi connectivity index (χ3n) is 14.0. The van der Waals surface area contributed by atoms with Crippen molar-refractivity contribution in [3.8, 4) is 90.6 Å². The first-order valence-corrected chi connectivity index (χ1v) is 27.2. The van der Waals surface area contributed by atoms with Gasteiger partial charge in [-0.2, -0.15) is 0 Å². The third-order valence-corrected chi connectivity index (χ3v) is 17.6. The molecule has 0 aliphatic rings. The van der Waals surface area contributed by atoms with Crippen LogP contribution in [0.15, 0.2) is 231 Å². The van der Waals surface area contributed by atoms with Crippen molar-refractivity contribution in [2.45, 2.75) is 0 Å². The Balaban J connectivity index is 0.884. The van der Waals surface area contributed by atoms with Crippen LogP contribution in [0.1, 0.15) is 0 Å². The second kappa shape index (κ2) is 17.8. The highest BCUT2D eigenvalue weighted by molar-refractivity contribution is 7.26. The maximum absolute atomic E-state index is 5.28. The normalized spacial score (nSPS) is 11.7. The van der Waals surface area contributed by atoms with Gasteiger partial charge in [-0.15, -0.1) is 34.0 Å². The largest absolute Gasteiger partial charge is 0.208 e. The molecule has 15 aromatic rings. The number of thiophene rings is 3. The average Bonchev–Trinajstić information content (AvgIpc) is 4.20. The van der Waals surface area contributed by atoms with E-state index in [9.17, 15) is 0 Å². The molecular weight excluding hydrogens is 973 g/mol. The summed E-state index contributed by atoms with van der Waals surface area (Å²) in [6.45, 7) is 0. The van der Waals surface area contributed by atoms with Gasteiger partial charge in [-0.05, 0) is 77.4 Å². The van der Waals surface area contributed by atoms with Crippen LogP contribution in [0.5, 0.6) is 0 Å². The molecule has 0 bridgehead atoms. The lowest BCUT2D eigenvalue weighted by Gasteiger charge is -2.15. The number of rotatable bonds is 8. The average molecular weight is 1010 g/mol. The van der Waals surface area contributed by atoms with Gasteiger partial charge in [0.05, 0.1) is 0 Å². The Kier molecular flexibility index (Phi) is 10.3. The molecule has 0 radical (unpaired) electrons. The van der Waals surface area contributed by atoms with Gasteiger partial charge in [0.1, 0.15) is 0 Å². The molecule has 0 amide bonds. The van der Waals surface area contributed by atoms with Crippen LogP contribution in [0.2, 0.25) is 0 Å². The van der Waals surface area contributed by atoms with E-state index in [1.165, 1.54) is 60.5 Å². The molecular formula is C66H38N6S3. The number of fused-ring (bicyclic) bond motifs is 9. The van der Waals surface area contributed by atoms with E-state index in [0.717, 1.165) is 55.6 Å². The molecule has 0 spiro atoms. The molecule has 0 aliphatic carbocycles. The summed E-state index contributed by atoms with van der Waals surface area (Å²) in [5, 5.41) is 7.34. The lowest BCUT2D eigenvalue weighted by atomic mass is 9.93. The topological polar surface area (TPSA) is 77.3 Å². The Bertz CT molecular complexity index is 4530. The Hall–Kier alpha value is -9.12. The number of nitrogens with zero attached hydrogens (tertiary/aromatic N) is 6. The minimum atomic E-state index is 0.599. The maximum Gasteiger partial charge on any atom is 0.164 e. The zero-order chi connectivity index (χ0) is 49.4. The summed E-state index contributed by atoms with van der Waals surface area (Å²) in [5.74, 6) is 3.69. The number of benzene rings is 10. The van der Waals surface area contributed by atoms with E-state index in [1.807, 2.05) is 47.7 Å². The van der Waals surface area contributed by atoms with Crippen molar-refractivity contribution in [3.05, 3.63) is 231 Å². The highest BCUT2D eigenvalue weighted by Gasteiger charge is 2.21. The standard InChI is InChI=1S/C66H38N6S3/c1-3-14-40(15-4-1)61-67-62(41-16-5-2-6-17-41)72-66(71-61)54-36-43(30-33-46(54)50-21-13-22-51-47-18-7-12-25-57(47)75-60(50)51)39-26-28-42(29-27-39)63-68-64(44-31-34-58-52(37-44)48-19-8-10-23-55(48)73-58)70-65(69-63)45-32-35-59-53(38-45)49-20-9-11-24-56(49)74-59/h1-38H. The first kappa shape index (κ1) is 43.5. The zero-order valence-corrected chi connectivity index (χ0v) is 42.3. The predicted octanol–water partition coefficient (Wildman–Crippen LogP) is 18.5. The monoisotopic (exact) mass is 1010 g/mol. The molecule has 10 aromatic carbocycles. The van der Waals surface area contributed by atoms with Crippen LogP contribution in [0.25, 0.3) is 151 Å². The highest BCUT2D eigenvalue weighted by Crippen LogP contribution is 2.45. The van der Waals surface area contributed by atoms with Gasteiger partial charge in [0, 0.05) is 99.5 Å². The molecule has 0 saturated carbocycles. The van der Waals surface area contributed by atoms with E-state index in [4.69, 9.17) is 29.9 Å². The second-order valence-corrected chi connectivity index (χ2v) is 21.8. The number of hydrogen-bond acceptors (Lipinski definition) is 9. The molecule has 75 heavy (non-hydrogen) atoms.